The second-order valence-electron chi connectivity index (χ2n) is 4.97. The van der Waals surface area contributed by atoms with Crippen molar-refractivity contribution >= 4 is 39.2 Å². The van der Waals surface area contributed by atoms with Gasteiger partial charge in [-0.05, 0) is 29.7 Å². The van der Waals surface area contributed by atoms with Gasteiger partial charge in [0, 0.05) is 41.8 Å². The smallest absolute Gasteiger partial charge is 0.134 e. The third-order valence-electron chi connectivity index (χ3n) is 3.43. The van der Waals surface area contributed by atoms with Crippen molar-refractivity contribution < 1.29 is 0 Å². The molecule has 2 heterocycles. The van der Waals surface area contributed by atoms with E-state index in [0.29, 0.717) is 0 Å². The monoisotopic (exact) mass is 327 g/mol. The molecule has 0 saturated heterocycles. The van der Waals surface area contributed by atoms with Crippen LogP contribution in [0.25, 0.3) is 10.9 Å². The Kier molecular flexibility index (Phi) is 5.08. The zero-order valence-corrected chi connectivity index (χ0v) is 13.7. The molecule has 3 nitrogen and oxygen atoms in total. The van der Waals surface area contributed by atoms with Crippen molar-refractivity contribution in [2.75, 3.05) is 6.54 Å². The molecule has 3 rings (SSSR count). The van der Waals surface area contributed by atoms with Crippen molar-refractivity contribution in [2.45, 2.75) is 12.2 Å². The van der Waals surface area contributed by atoms with E-state index >= 15 is 0 Å². The molecule has 1 aromatic carbocycles. The van der Waals surface area contributed by atoms with Crippen LogP contribution >= 0.6 is 24.0 Å². The maximum absolute atomic E-state index is 5.37. The lowest BCUT2D eigenvalue weighted by Crippen LogP contribution is -2.21. The highest BCUT2D eigenvalue weighted by Crippen LogP contribution is 2.18. The van der Waals surface area contributed by atoms with E-state index < -0.39 is 0 Å². The zero-order valence-electron chi connectivity index (χ0n) is 12.1. The fourth-order valence-corrected chi connectivity index (χ4v) is 3.27. The molecule has 0 aliphatic carbocycles. The van der Waals surface area contributed by atoms with Gasteiger partial charge in [0.1, 0.15) is 4.32 Å². The molecule has 22 heavy (non-hydrogen) atoms. The average molecular weight is 327 g/mol. The van der Waals surface area contributed by atoms with E-state index in [0.717, 1.165) is 23.0 Å². The molecule has 0 amide bonds. The molecule has 3 aromatic rings. The first-order valence-corrected chi connectivity index (χ1v) is 8.57. The Balaban J connectivity index is 1.45. The number of aromatic amines is 1. The van der Waals surface area contributed by atoms with Gasteiger partial charge in [-0.1, -0.05) is 48.2 Å². The summed E-state index contributed by atoms with van der Waals surface area (Å²) in [5.74, 6) is 0.854. The summed E-state index contributed by atoms with van der Waals surface area (Å²) >= 11 is 7.01. The fraction of sp³-hybridized carbons (Fsp3) is 0.176. The highest BCUT2D eigenvalue weighted by atomic mass is 32.2. The third-order valence-corrected chi connectivity index (χ3v) is 4.81. The van der Waals surface area contributed by atoms with Crippen LogP contribution in [0.3, 0.4) is 0 Å². The minimum absolute atomic E-state index is 0.837. The number of nitrogens with one attached hydrogen (secondary N) is 2. The first-order valence-electron chi connectivity index (χ1n) is 7.17. The fourth-order valence-electron chi connectivity index (χ4n) is 2.32. The molecule has 0 radical (unpaired) electrons. The Morgan fingerprint density at radius 2 is 2.14 bits per heavy atom. The van der Waals surface area contributed by atoms with E-state index in [4.69, 9.17) is 12.2 Å². The molecule has 0 unspecified atom stereocenters. The Morgan fingerprint density at radius 1 is 1.23 bits per heavy atom. The molecule has 112 valence electrons. The summed E-state index contributed by atoms with van der Waals surface area (Å²) in [6.45, 7) is 0.848. The SMILES string of the molecule is S=C(NCCc1c[nH]c2ccccc12)SCc1cccnc1. The van der Waals surface area contributed by atoms with Crippen LogP contribution in [-0.2, 0) is 12.2 Å². The van der Waals surface area contributed by atoms with Crippen LogP contribution in [0.4, 0.5) is 0 Å². The summed E-state index contributed by atoms with van der Waals surface area (Å²) in [6, 6.07) is 12.4. The van der Waals surface area contributed by atoms with Crippen molar-refractivity contribution in [1.29, 1.82) is 0 Å². The molecular formula is C17H17N3S2. The standard InChI is InChI=1S/C17H17N3S2/c21-17(22-12-13-4-3-8-18-10-13)19-9-7-14-11-20-16-6-2-1-5-15(14)16/h1-6,8,10-11,20H,7,9,12H2,(H,19,21). The predicted molar refractivity (Wildman–Crippen MR) is 98.1 cm³/mol. The Bertz CT molecular complexity index is 753. The topological polar surface area (TPSA) is 40.7 Å². The molecule has 0 spiro atoms. The summed E-state index contributed by atoms with van der Waals surface area (Å²) in [7, 11) is 0. The van der Waals surface area contributed by atoms with Gasteiger partial charge in [0.15, 0.2) is 0 Å². The number of rotatable bonds is 5. The number of benzene rings is 1. The molecule has 0 saturated carbocycles. The normalized spacial score (nSPS) is 10.7. The number of thiocarbonyl (C=S) groups is 1. The number of H-pyrrole nitrogens is 1. The second-order valence-corrected chi connectivity index (χ2v) is 6.63. The Morgan fingerprint density at radius 3 is 3.00 bits per heavy atom. The van der Waals surface area contributed by atoms with Gasteiger partial charge in [0.25, 0.3) is 0 Å². The van der Waals surface area contributed by atoms with Crippen molar-refractivity contribution in [2.24, 2.45) is 0 Å². The minimum Gasteiger partial charge on any atom is -0.371 e. The first kappa shape index (κ1) is 15.1. The first-order chi connectivity index (χ1) is 10.8. The molecular weight excluding hydrogens is 310 g/mol. The summed E-state index contributed by atoms with van der Waals surface area (Å²) in [4.78, 5) is 7.41. The van der Waals surface area contributed by atoms with Crippen molar-refractivity contribution in [3.63, 3.8) is 0 Å². The lowest BCUT2D eigenvalue weighted by Gasteiger charge is -2.07. The van der Waals surface area contributed by atoms with Gasteiger partial charge < -0.3 is 10.3 Å². The second kappa shape index (κ2) is 7.42. The Hall–Kier alpha value is -1.85. The van der Waals surface area contributed by atoms with E-state index in [-0.39, 0.29) is 0 Å². The molecule has 5 heteroatoms. The van der Waals surface area contributed by atoms with Gasteiger partial charge in [-0.2, -0.15) is 0 Å². The quantitative estimate of drug-likeness (QED) is 0.697. The lowest BCUT2D eigenvalue weighted by molar-refractivity contribution is 0.887. The number of hydrogen-bond donors (Lipinski definition) is 2. The van der Waals surface area contributed by atoms with Crippen LogP contribution < -0.4 is 5.32 Å². The van der Waals surface area contributed by atoms with E-state index in [1.807, 2.05) is 18.3 Å². The number of nitrogens with zero attached hydrogens (tertiary/aromatic N) is 1. The molecule has 2 aromatic heterocycles. The van der Waals surface area contributed by atoms with Gasteiger partial charge in [0.05, 0.1) is 0 Å². The van der Waals surface area contributed by atoms with Crippen molar-refractivity contribution in [3.8, 4) is 0 Å². The third kappa shape index (κ3) is 3.87. The molecule has 0 atom stereocenters. The van der Waals surface area contributed by atoms with Crippen LogP contribution in [0, 0.1) is 0 Å². The maximum Gasteiger partial charge on any atom is 0.134 e. The molecule has 0 aliphatic rings. The van der Waals surface area contributed by atoms with Crippen molar-refractivity contribution in [1.82, 2.24) is 15.3 Å². The van der Waals surface area contributed by atoms with E-state index in [9.17, 15) is 0 Å². The van der Waals surface area contributed by atoms with Gasteiger partial charge in [0.2, 0.25) is 0 Å². The summed E-state index contributed by atoms with van der Waals surface area (Å²) in [5, 5.41) is 4.61. The molecule has 2 N–H and O–H groups in total. The highest BCUT2D eigenvalue weighted by Gasteiger charge is 2.03. The van der Waals surface area contributed by atoms with Gasteiger partial charge in [-0.15, -0.1) is 0 Å². The minimum atomic E-state index is 0.837. The number of aromatic nitrogens is 2. The van der Waals surface area contributed by atoms with Crippen LogP contribution in [0.1, 0.15) is 11.1 Å². The van der Waals surface area contributed by atoms with Crippen LogP contribution in [-0.4, -0.2) is 20.8 Å². The Labute approximate surface area is 139 Å². The average Bonchev–Trinajstić information content (AvgIpc) is 2.97. The highest BCUT2D eigenvalue weighted by molar-refractivity contribution is 8.22. The summed E-state index contributed by atoms with van der Waals surface area (Å²) in [5.41, 5.74) is 3.70. The predicted octanol–water partition coefficient (Wildman–Crippen LogP) is 3.91. The van der Waals surface area contributed by atoms with Gasteiger partial charge in [-0.3, -0.25) is 4.98 Å². The van der Waals surface area contributed by atoms with Crippen molar-refractivity contribution in [3.05, 3.63) is 66.1 Å². The van der Waals surface area contributed by atoms with Crippen LogP contribution in [0.15, 0.2) is 55.0 Å². The van der Waals surface area contributed by atoms with E-state index in [2.05, 4.69) is 45.7 Å². The van der Waals surface area contributed by atoms with Gasteiger partial charge in [-0.25, -0.2) is 0 Å². The number of pyridine rings is 1. The molecule has 0 fully saturated rings. The summed E-state index contributed by atoms with van der Waals surface area (Å²) < 4.78 is 0.837. The lowest BCUT2D eigenvalue weighted by atomic mass is 10.1. The summed E-state index contributed by atoms with van der Waals surface area (Å²) in [6.07, 6.45) is 6.70. The van der Waals surface area contributed by atoms with E-state index in [1.54, 1.807) is 18.0 Å². The van der Waals surface area contributed by atoms with Gasteiger partial charge >= 0.3 is 0 Å². The molecule has 0 aliphatic heterocycles. The number of thioether (sulfide) groups is 1. The number of para-hydroxylation sites is 1. The van der Waals surface area contributed by atoms with Crippen LogP contribution in [0.2, 0.25) is 0 Å². The maximum atomic E-state index is 5.37. The zero-order chi connectivity index (χ0) is 15.2. The molecule has 0 bridgehead atoms. The number of fused-ring (bicyclic) bond motifs is 1. The van der Waals surface area contributed by atoms with Crippen LogP contribution in [0.5, 0.6) is 0 Å². The number of hydrogen-bond acceptors (Lipinski definition) is 3. The van der Waals surface area contributed by atoms with E-state index in [1.165, 1.54) is 22.0 Å². The largest absolute Gasteiger partial charge is 0.371 e.